The molecule has 13 aromatic rings. The van der Waals surface area contributed by atoms with Gasteiger partial charge in [-0.1, -0.05) is 177 Å². The van der Waals surface area contributed by atoms with Gasteiger partial charge in [0.2, 0.25) is 0 Å². The average molecular weight is 975 g/mol. The molecule has 0 aliphatic heterocycles. The molecular formula is C74H54O2. The summed E-state index contributed by atoms with van der Waals surface area (Å²) in [5, 5.41) is 9.53. The van der Waals surface area contributed by atoms with Crippen molar-refractivity contribution in [3.8, 4) is 66.8 Å². The largest absolute Gasteiger partial charge is 0.455 e. The minimum Gasteiger partial charge on any atom is -0.455 e. The van der Waals surface area contributed by atoms with Gasteiger partial charge in [-0.25, -0.2) is 0 Å². The molecule has 362 valence electrons. The Balaban J connectivity index is 0.927. The highest BCUT2D eigenvalue weighted by Crippen LogP contribution is 2.62. The maximum atomic E-state index is 7.29. The van der Waals surface area contributed by atoms with E-state index in [2.05, 4.69) is 237 Å². The Morgan fingerprint density at radius 3 is 1.01 bits per heavy atom. The highest BCUT2D eigenvalue weighted by molar-refractivity contribution is 6.23. The molecule has 0 unspecified atom stereocenters. The Kier molecular flexibility index (Phi) is 7.82. The van der Waals surface area contributed by atoms with Crippen LogP contribution in [-0.2, 0) is 21.7 Å². The van der Waals surface area contributed by atoms with Gasteiger partial charge in [0.1, 0.15) is 22.3 Å². The van der Waals surface area contributed by atoms with Crippen molar-refractivity contribution in [1.29, 1.82) is 0 Å². The van der Waals surface area contributed by atoms with Crippen LogP contribution in [0.3, 0.4) is 0 Å². The topological polar surface area (TPSA) is 26.3 Å². The fourth-order valence-corrected chi connectivity index (χ4v) is 15.3. The number of fused-ring (bicyclic) bond motifs is 22. The number of benzene rings is 11. The van der Waals surface area contributed by atoms with Gasteiger partial charge in [-0.2, -0.15) is 0 Å². The highest BCUT2D eigenvalue weighted by Gasteiger charge is 2.46. The molecule has 0 amide bonds. The van der Waals surface area contributed by atoms with E-state index in [1.807, 2.05) is 0 Å². The van der Waals surface area contributed by atoms with Gasteiger partial charge in [-0.15, -0.1) is 0 Å². The van der Waals surface area contributed by atoms with E-state index in [-0.39, 0.29) is 21.7 Å². The molecule has 4 aliphatic carbocycles. The molecule has 17 rings (SSSR count). The number of hydrogen-bond acceptors (Lipinski definition) is 2. The minimum atomic E-state index is -0.343. The van der Waals surface area contributed by atoms with Crippen LogP contribution in [0.2, 0.25) is 0 Å². The second-order valence-corrected chi connectivity index (χ2v) is 24.8. The van der Waals surface area contributed by atoms with Gasteiger partial charge < -0.3 is 8.83 Å². The molecule has 0 spiro atoms. The van der Waals surface area contributed by atoms with Crippen molar-refractivity contribution in [1.82, 2.24) is 0 Å². The Labute approximate surface area is 442 Å². The predicted octanol–water partition coefficient (Wildman–Crippen LogP) is 20.4. The van der Waals surface area contributed by atoms with Gasteiger partial charge in [-0.05, 0) is 182 Å². The number of furan rings is 2. The number of hydrogen-bond donors (Lipinski definition) is 0. The van der Waals surface area contributed by atoms with E-state index in [9.17, 15) is 0 Å². The van der Waals surface area contributed by atoms with Crippen LogP contribution < -0.4 is 0 Å². The summed E-state index contributed by atoms with van der Waals surface area (Å²) < 4.78 is 14.6. The zero-order chi connectivity index (χ0) is 51.1. The SMILES string of the molecule is CC1(C)c2ccccc2-c2ccc(-c3cc4c(c5c3oc3cc6ccccc6cc35)-c3cc5c(cc3C4(C)C)-c3c(cc(-c4ccc6c(c4)C(C)(C)c4ccccc4-6)c4oc6cc7ccccc7cc6c34)C5(C)C)cc21. The molecule has 2 aromatic heterocycles. The zero-order valence-corrected chi connectivity index (χ0v) is 44.1. The van der Waals surface area contributed by atoms with Gasteiger partial charge in [0, 0.05) is 54.3 Å². The Hall–Kier alpha value is -8.46. The third-order valence-electron chi connectivity index (χ3n) is 19.4. The van der Waals surface area contributed by atoms with Crippen molar-refractivity contribution >= 4 is 65.4 Å². The number of rotatable bonds is 2. The quantitative estimate of drug-likeness (QED) is 0.173. The van der Waals surface area contributed by atoms with Gasteiger partial charge in [0.05, 0.1) is 0 Å². The van der Waals surface area contributed by atoms with Crippen molar-refractivity contribution in [3.63, 3.8) is 0 Å². The first-order chi connectivity index (χ1) is 36.7. The van der Waals surface area contributed by atoms with E-state index < -0.39 is 0 Å². The smallest absolute Gasteiger partial charge is 0.143 e. The maximum Gasteiger partial charge on any atom is 0.143 e. The summed E-state index contributed by atoms with van der Waals surface area (Å²) in [4.78, 5) is 0. The fourth-order valence-electron chi connectivity index (χ4n) is 15.3. The first kappa shape index (κ1) is 42.8. The van der Waals surface area contributed by atoms with Gasteiger partial charge in [0.15, 0.2) is 0 Å². The summed E-state index contributed by atoms with van der Waals surface area (Å²) in [5.74, 6) is 0. The van der Waals surface area contributed by atoms with Crippen LogP contribution in [0, 0.1) is 0 Å². The molecule has 76 heavy (non-hydrogen) atoms. The summed E-state index contributed by atoms with van der Waals surface area (Å²) in [6.45, 7) is 19.3. The Morgan fingerprint density at radius 1 is 0.263 bits per heavy atom. The standard InChI is InChI=1S/C74H54O2/c1-71(2)55-23-15-13-21-45(55)47-27-25-43(31-57(47)71)49-35-61-65(67-53-29-39-17-9-11-19-41(39)33-63(53)75-69(49)67)51-37-60-52(38-59(51)73(61,5)6)66-62(74(60,7)8)36-50(70-68(66)54-30-40-18-10-12-20-42(40)34-64(54)76-70)44-26-28-48-46-22-14-16-24-56(46)72(3,4)58(48)32-44/h9-38H,1-8H3. The van der Waals surface area contributed by atoms with Gasteiger partial charge in [0.25, 0.3) is 0 Å². The summed E-state index contributed by atoms with van der Waals surface area (Å²) in [5.41, 5.74) is 28.9. The first-order valence-corrected chi connectivity index (χ1v) is 27.2. The molecule has 11 aromatic carbocycles. The van der Waals surface area contributed by atoms with E-state index in [0.717, 1.165) is 44.2 Å². The summed E-state index contributed by atoms with van der Waals surface area (Å²) >= 11 is 0. The molecule has 0 bridgehead atoms. The molecular weight excluding hydrogens is 921 g/mol. The molecule has 2 heteroatoms. The summed E-state index contributed by atoms with van der Waals surface area (Å²) in [6.07, 6.45) is 0. The van der Waals surface area contributed by atoms with Crippen LogP contribution in [0.15, 0.2) is 191 Å². The van der Waals surface area contributed by atoms with Gasteiger partial charge in [-0.3, -0.25) is 0 Å². The van der Waals surface area contributed by atoms with Crippen LogP contribution in [0.5, 0.6) is 0 Å². The zero-order valence-electron chi connectivity index (χ0n) is 44.1. The molecule has 0 atom stereocenters. The van der Waals surface area contributed by atoms with Crippen molar-refractivity contribution in [3.05, 3.63) is 226 Å². The molecule has 0 saturated carbocycles. The lowest BCUT2D eigenvalue weighted by Crippen LogP contribution is -2.17. The average Bonchev–Trinajstić information content (AvgIpc) is 4.41. The van der Waals surface area contributed by atoms with E-state index >= 15 is 0 Å². The molecule has 0 radical (unpaired) electrons. The molecule has 0 fully saturated rings. The van der Waals surface area contributed by atoms with Crippen molar-refractivity contribution < 1.29 is 8.83 Å². The van der Waals surface area contributed by atoms with E-state index in [1.54, 1.807) is 0 Å². The van der Waals surface area contributed by atoms with Crippen LogP contribution >= 0.6 is 0 Å². The van der Waals surface area contributed by atoms with Gasteiger partial charge >= 0.3 is 0 Å². The minimum absolute atomic E-state index is 0.132. The van der Waals surface area contributed by atoms with Crippen LogP contribution in [0.1, 0.15) is 99.9 Å². The lowest BCUT2D eigenvalue weighted by Gasteiger charge is -2.25. The fraction of sp³-hybridized carbons (Fsp3) is 0.162. The summed E-state index contributed by atoms with van der Waals surface area (Å²) in [6, 6.07) is 69.1. The monoisotopic (exact) mass is 974 g/mol. The first-order valence-electron chi connectivity index (χ1n) is 27.2. The van der Waals surface area contributed by atoms with Crippen molar-refractivity contribution in [2.75, 3.05) is 0 Å². The Morgan fingerprint density at radius 2 is 0.592 bits per heavy atom. The van der Waals surface area contributed by atoms with Crippen LogP contribution in [0.25, 0.3) is 132 Å². The third kappa shape index (κ3) is 5.18. The lowest BCUT2D eigenvalue weighted by molar-refractivity contribution is 0.650. The Bertz CT molecular complexity index is 4560. The van der Waals surface area contributed by atoms with E-state index in [0.29, 0.717) is 0 Å². The highest BCUT2D eigenvalue weighted by atomic mass is 16.3. The molecule has 0 saturated heterocycles. The van der Waals surface area contributed by atoms with Crippen LogP contribution in [-0.4, -0.2) is 0 Å². The second kappa shape index (κ2) is 13.9. The maximum absolute atomic E-state index is 7.29. The van der Waals surface area contributed by atoms with Crippen molar-refractivity contribution in [2.45, 2.75) is 77.0 Å². The summed E-state index contributed by atoms with van der Waals surface area (Å²) in [7, 11) is 0. The molecule has 4 aliphatic rings. The second-order valence-electron chi connectivity index (χ2n) is 24.8. The van der Waals surface area contributed by atoms with E-state index in [1.165, 1.54) is 132 Å². The molecule has 2 nitrogen and oxygen atoms in total. The normalized spacial score (nSPS) is 16.3. The third-order valence-corrected chi connectivity index (χ3v) is 19.4. The lowest BCUT2D eigenvalue weighted by atomic mass is 9.78. The molecule has 2 heterocycles. The van der Waals surface area contributed by atoms with Crippen molar-refractivity contribution in [2.24, 2.45) is 0 Å². The predicted molar refractivity (Wildman–Crippen MR) is 317 cm³/mol. The van der Waals surface area contributed by atoms with E-state index in [4.69, 9.17) is 8.83 Å². The van der Waals surface area contributed by atoms with Crippen LogP contribution in [0.4, 0.5) is 0 Å². The molecule has 0 N–H and O–H groups in total.